The molecule has 0 radical (unpaired) electrons. The Bertz CT molecular complexity index is 1060. The van der Waals surface area contributed by atoms with Crippen molar-refractivity contribution in [3.05, 3.63) is 70.3 Å². The number of benzene rings is 2. The first-order valence-corrected chi connectivity index (χ1v) is 10.9. The highest BCUT2D eigenvalue weighted by molar-refractivity contribution is 6.10. The summed E-state index contributed by atoms with van der Waals surface area (Å²) in [5, 5.41) is 13.6. The molecular weight excluding hydrogens is 410 g/mol. The molecule has 0 aromatic heterocycles. The lowest BCUT2D eigenvalue weighted by atomic mass is 9.81. The molecule has 1 aliphatic heterocycles. The lowest BCUT2D eigenvalue weighted by Crippen LogP contribution is -2.49. The van der Waals surface area contributed by atoms with Gasteiger partial charge in [-0.05, 0) is 48.8 Å². The van der Waals surface area contributed by atoms with Crippen LogP contribution in [0.15, 0.2) is 54.6 Å². The van der Waals surface area contributed by atoms with Crippen LogP contribution in [0, 0.1) is 33.8 Å². The van der Waals surface area contributed by atoms with Crippen molar-refractivity contribution in [3.8, 4) is 0 Å². The number of nitro groups is 1. The molecule has 2 aromatic rings. The molecule has 1 heterocycles. The summed E-state index contributed by atoms with van der Waals surface area (Å²) < 4.78 is 0. The summed E-state index contributed by atoms with van der Waals surface area (Å²) >= 11 is 0. The molecule has 3 aliphatic rings. The average molecular weight is 433 g/mol. The van der Waals surface area contributed by atoms with Crippen LogP contribution in [0.25, 0.3) is 0 Å². The second-order valence-corrected chi connectivity index (χ2v) is 8.93. The zero-order chi connectivity index (χ0) is 22.4. The van der Waals surface area contributed by atoms with Crippen LogP contribution >= 0.6 is 0 Å². The van der Waals surface area contributed by atoms with Gasteiger partial charge in [-0.25, -0.2) is 0 Å². The van der Waals surface area contributed by atoms with Crippen molar-refractivity contribution in [1.82, 2.24) is 4.90 Å². The highest BCUT2D eigenvalue weighted by Crippen LogP contribution is 2.56. The maximum Gasteiger partial charge on any atom is 0.269 e. The van der Waals surface area contributed by atoms with E-state index < -0.39 is 16.9 Å². The molecule has 1 N–H and O–H groups in total. The topological polar surface area (TPSA) is 110 Å². The molecule has 8 heteroatoms. The number of rotatable bonds is 6. The van der Waals surface area contributed by atoms with E-state index >= 15 is 0 Å². The van der Waals surface area contributed by atoms with E-state index in [0.29, 0.717) is 5.69 Å². The highest BCUT2D eigenvalue weighted by Gasteiger charge is 2.62. The molecule has 0 spiro atoms. The minimum Gasteiger partial charge on any atom is -0.324 e. The molecule has 2 saturated carbocycles. The number of fused-ring (bicyclic) bond motifs is 5. The number of non-ortho nitro benzene ring substituents is 1. The molecule has 2 bridgehead atoms. The number of nitro benzene ring substituents is 1. The van der Waals surface area contributed by atoms with Crippen molar-refractivity contribution in [2.24, 2.45) is 23.7 Å². The second-order valence-electron chi connectivity index (χ2n) is 8.93. The van der Waals surface area contributed by atoms with Gasteiger partial charge in [0.2, 0.25) is 17.7 Å². The molecule has 1 saturated heterocycles. The maximum atomic E-state index is 13.3. The van der Waals surface area contributed by atoms with E-state index in [0.717, 1.165) is 24.8 Å². The minimum atomic E-state index is -0.974. The summed E-state index contributed by atoms with van der Waals surface area (Å²) in [5.41, 5.74) is 1.13. The van der Waals surface area contributed by atoms with Gasteiger partial charge in [-0.2, -0.15) is 0 Å². The summed E-state index contributed by atoms with van der Waals surface area (Å²) in [6.07, 6.45) is 3.08. The van der Waals surface area contributed by atoms with Crippen LogP contribution in [0.2, 0.25) is 0 Å². The molecule has 0 unspecified atom stereocenters. The van der Waals surface area contributed by atoms with Crippen molar-refractivity contribution in [2.45, 2.75) is 31.7 Å². The molecular formula is C24H23N3O5. The molecule has 5 rings (SSSR count). The van der Waals surface area contributed by atoms with Crippen LogP contribution in [-0.2, 0) is 20.8 Å². The summed E-state index contributed by atoms with van der Waals surface area (Å²) in [7, 11) is 0. The summed E-state index contributed by atoms with van der Waals surface area (Å²) in [6.45, 7) is 0. The number of anilines is 1. The largest absolute Gasteiger partial charge is 0.324 e. The molecule has 3 fully saturated rings. The van der Waals surface area contributed by atoms with Crippen LogP contribution in [0.3, 0.4) is 0 Å². The maximum absolute atomic E-state index is 13.3. The Morgan fingerprint density at radius 2 is 1.59 bits per heavy atom. The standard InChI is InChI=1S/C24H23N3O5/c28-22(25-17-8-10-18(11-9-17)27(31)32)19(12-14-4-2-1-3-5-14)26-23(29)20-15-6-7-16(13-15)21(20)24(26)30/h1-5,8-11,15-16,19-21H,6-7,12-13H2,(H,25,28)/t15-,16-,19+,20-,21+/m0/s1. The molecule has 3 amide bonds. The van der Waals surface area contributed by atoms with Crippen LogP contribution in [0.1, 0.15) is 24.8 Å². The Morgan fingerprint density at radius 1 is 1.00 bits per heavy atom. The predicted molar refractivity (Wildman–Crippen MR) is 115 cm³/mol. The Hall–Kier alpha value is -3.55. The number of nitrogens with one attached hydrogen (secondary N) is 1. The van der Waals surface area contributed by atoms with Gasteiger partial charge in [0.1, 0.15) is 6.04 Å². The second kappa shape index (κ2) is 7.85. The van der Waals surface area contributed by atoms with Crippen LogP contribution in [0.5, 0.6) is 0 Å². The summed E-state index contributed by atoms with van der Waals surface area (Å²) in [4.78, 5) is 51.6. The van der Waals surface area contributed by atoms with Gasteiger partial charge in [-0.3, -0.25) is 29.4 Å². The van der Waals surface area contributed by atoms with Gasteiger partial charge in [-0.15, -0.1) is 0 Å². The third-order valence-electron chi connectivity index (χ3n) is 7.19. The highest BCUT2D eigenvalue weighted by atomic mass is 16.6. The lowest BCUT2D eigenvalue weighted by molar-refractivity contribution is -0.384. The fourth-order valence-electron chi connectivity index (χ4n) is 5.77. The Balaban J connectivity index is 1.43. The van der Waals surface area contributed by atoms with Crippen LogP contribution in [-0.4, -0.2) is 33.6 Å². The predicted octanol–water partition coefficient (Wildman–Crippen LogP) is 3.18. The zero-order valence-electron chi connectivity index (χ0n) is 17.3. The van der Waals surface area contributed by atoms with E-state index in [-0.39, 0.29) is 47.6 Å². The SMILES string of the molecule is O=C(Nc1ccc([N+](=O)[O-])cc1)[C@@H](Cc1ccccc1)N1C(=O)[C@@H]2[C@H]3CC[C@@H](C3)[C@@H]2C1=O. The summed E-state index contributed by atoms with van der Waals surface area (Å²) in [5.74, 6) is -1.06. The smallest absolute Gasteiger partial charge is 0.269 e. The first-order chi connectivity index (χ1) is 15.4. The third-order valence-corrected chi connectivity index (χ3v) is 7.19. The van der Waals surface area contributed by atoms with Crippen molar-refractivity contribution in [1.29, 1.82) is 0 Å². The third kappa shape index (κ3) is 3.36. The van der Waals surface area contributed by atoms with Gasteiger partial charge in [0.25, 0.3) is 5.69 Å². The number of carbonyl (C=O) groups is 3. The van der Waals surface area contributed by atoms with Crippen molar-refractivity contribution < 1.29 is 19.3 Å². The number of nitrogens with zero attached hydrogens (tertiary/aromatic N) is 2. The fourth-order valence-corrected chi connectivity index (χ4v) is 5.77. The van der Waals surface area contributed by atoms with Crippen molar-refractivity contribution in [2.75, 3.05) is 5.32 Å². The molecule has 2 aliphatic carbocycles. The quantitative estimate of drug-likeness (QED) is 0.427. The van der Waals surface area contributed by atoms with E-state index in [9.17, 15) is 24.5 Å². The summed E-state index contributed by atoms with van der Waals surface area (Å²) in [6, 6.07) is 13.8. The zero-order valence-corrected chi connectivity index (χ0v) is 17.3. The van der Waals surface area contributed by atoms with Gasteiger partial charge < -0.3 is 5.32 Å². The van der Waals surface area contributed by atoms with Gasteiger partial charge in [0.15, 0.2) is 0 Å². The minimum absolute atomic E-state index is 0.0861. The van der Waals surface area contributed by atoms with E-state index in [1.807, 2.05) is 30.3 Å². The number of hydrogen-bond donors (Lipinski definition) is 1. The Kier molecular flexibility index (Phi) is 5.00. The normalized spacial score (nSPS) is 26.8. The molecule has 32 heavy (non-hydrogen) atoms. The average Bonchev–Trinajstić information content (AvgIpc) is 3.47. The molecule has 5 atom stereocenters. The van der Waals surface area contributed by atoms with Gasteiger partial charge in [0.05, 0.1) is 16.8 Å². The Labute approximate surface area is 184 Å². The van der Waals surface area contributed by atoms with Gasteiger partial charge in [0, 0.05) is 24.2 Å². The number of amides is 3. The lowest BCUT2D eigenvalue weighted by Gasteiger charge is -2.27. The van der Waals surface area contributed by atoms with Crippen molar-refractivity contribution >= 4 is 29.1 Å². The fraction of sp³-hybridized carbons (Fsp3) is 0.375. The first kappa shape index (κ1) is 20.4. The molecule has 8 nitrogen and oxygen atoms in total. The van der Waals surface area contributed by atoms with E-state index in [2.05, 4.69) is 5.32 Å². The Morgan fingerprint density at radius 3 is 2.16 bits per heavy atom. The molecule has 164 valence electrons. The first-order valence-electron chi connectivity index (χ1n) is 10.9. The number of imide groups is 1. The van der Waals surface area contributed by atoms with E-state index in [4.69, 9.17) is 0 Å². The van der Waals surface area contributed by atoms with Gasteiger partial charge in [-0.1, -0.05) is 30.3 Å². The number of carbonyl (C=O) groups excluding carboxylic acids is 3. The monoisotopic (exact) mass is 433 g/mol. The van der Waals surface area contributed by atoms with E-state index in [1.165, 1.54) is 29.2 Å². The van der Waals surface area contributed by atoms with Crippen molar-refractivity contribution in [3.63, 3.8) is 0 Å². The van der Waals surface area contributed by atoms with Crippen LogP contribution in [0.4, 0.5) is 11.4 Å². The number of hydrogen-bond acceptors (Lipinski definition) is 5. The van der Waals surface area contributed by atoms with E-state index in [1.54, 1.807) is 0 Å². The number of likely N-dealkylation sites (tertiary alicyclic amines) is 1. The van der Waals surface area contributed by atoms with Gasteiger partial charge >= 0.3 is 0 Å². The van der Waals surface area contributed by atoms with Crippen LogP contribution < -0.4 is 5.32 Å². The molecule has 2 aromatic carbocycles.